The summed E-state index contributed by atoms with van der Waals surface area (Å²) in [5.74, 6) is -4.43. The van der Waals surface area contributed by atoms with Crippen molar-refractivity contribution in [3.05, 3.63) is 36.0 Å². The van der Waals surface area contributed by atoms with Gasteiger partial charge in [0.05, 0.1) is 6.04 Å². The van der Waals surface area contributed by atoms with Crippen LogP contribution in [0.1, 0.15) is 72.8 Å². The van der Waals surface area contributed by atoms with Crippen LogP contribution >= 0.6 is 0 Å². The number of aromatic amines is 1. The molecule has 12 N–H and O–H groups in total. The summed E-state index contributed by atoms with van der Waals surface area (Å²) in [5.41, 5.74) is 18.7. The normalized spacial score (nSPS) is 15.0. The Morgan fingerprint density at radius 1 is 0.857 bits per heavy atom. The molecular weight excluding hydrogens is 630 g/mol. The summed E-state index contributed by atoms with van der Waals surface area (Å²) in [7, 11) is 0. The zero-order valence-electron chi connectivity index (χ0n) is 29.4. The molecule has 0 aliphatic heterocycles. The number of carbonyl (C=O) groups excluding carboxylic acids is 4. The molecule has 6 atom stereocenters. The Morgan fingerprint density at radius 3 is 2.06 bits per heavy atom. The summed E-state index contributed by atoms with van der Waals surface area (Å²) in [4.78, 5) is 72.7. The van der Waals surface area contributed by atoms with E-state index < -0.39 is 65.7 Å². The highest BCUT2D eigenvalue weighted by Crippen LogP contribution is 2.19. The predicted molar refractivity (Wildman–Crippen MR) is 189 cm³/mol. The van der Waals surface area contributed by atoms with Crippen LogP contribution in [-0.4, -0.2) is 82.4 Å². The molecule has 1 aromatic heterocycles. The fourth-order valence-electron chi connectivity index (χ4n) is 5.37. The van der Waals surface area contributed by atoms with E-state index in [1.807, 2.05) is 58.2 Å². The fraction of sp³-hybridized carbons (Fsp3) is 0.588. The lowest BCUT2D eigenvalue weighted by atomic mass is 9.95. The van der Waals surface area contributed by atoms with Crippen LogP contribution in [0, 0.1) is 17.8 Å². The number of rotatable bonds is 20. The molecule has 0 aliphatic rings. The molecule has 0 bridgehead atoms. The molecule has 15 heteroatoms. The molecule has 0 aliphatic carbocycles. The predicted octanol–water partition coefficient (Wildman–Crippen LogP) is 0.863. The van der Waals surface area contributed by atoms with Crippen LogP contribution in [0.5, 0.6) is 0 Å². The van der Waals surface area contributed by atoms with Crippen molar-refractivity contribution in [1.29, 1.82) is 0 Å². The third kappa shape index (κ3) is 12.7. The smallest absolute Gasteiger partial charge is 0.326 e. The Morgan fingerprint density at radius 2 is 1.47 bits per heavy atom. The van der Waals surface area contributed by atoms with Crippen LogP contribution < -0.4 is 38.5 Å². The van der Waals surface area contributed by atoms with E-state index in [4.69, 9.17) is 17.2 Å². The number of nitrogens with two attached hydrogens (primary N) is 3. The molecule has 0 spiro atoms. The highest BCUT2D eigenvalue weighted by atomic mass is 16.4. The first-order valence-electron chi connectivity index (χ1n) is 16.9. The maximum absolute atomic E-state index is 13.7. The topological polar surface area (TPSA) is 260 Å². The van der Waals surface area contributed by atoms with Gasteiger partial charge >= 0.3 is 5.97 Å². The number of aliphatic carboxylic acids is 1. The molecule has 272 valence electrons. The second kappa shape index (κ2) is 19.4. The monoisotopic (exact) mass is 685 g/mol. The molecule has 2 rings (SSSR count). The van der Waals surface area contributed by atoms with Gasteiger partial charge in [-0.2, -0.15) is 0 Å². The molecule has 1 heterocycles. The molecule has 0 radical (unpaired) electrons. The Labute approximate surface area is 288 Å². The van der Waals surface area contributed by atoms with E-state index in [9.17, 15) is 29.1 Å². The quantitative estimate of drug-likeness (QED) is 0.0543. The molecule has 0 saturated carbocycles. The van der Waals surface area contributed by atoms with E-state index in [0.717, 1.165) is 16.5 Å². The van der Waals surface area contributed by atoms with Crippen LogP contribution in [-0.2, 0) is 30.4 Å². The Balaban J connectivity index is 2.15. The van der Waals surface area contributed by atoms with E-state index in [2.05, 4.69) is 31.2 Å². The van der Waals surface area contributed by atoms with Gasteiger partial charge in [0.15, 0.2) is 5.96 Å². The van der Waals surface area contributed by atoms with E-state index in [1.165, 1.54) is 0 Å². The van der Waals surface area contributed by atoms with Crippen LogP contribution in [0.15, 0.2) is 35.5 Å². The lowest BCUT2D eigenvalue weighted by Gasteiger charge is -2.30. The SMILES string of the molecule is CC[C@H](C)[C@H](NC(=O)[C@@H](N)Cc1c[nH]c2ccccc12)C(=O)N[C@H](C(=O)N[C@@H](CC(C)C)C(=O)N[C@@H](CCCN=C(N)N)C(=O)O)C(C)C. The van der Waals surface area contributed by atoms with Crippen LogP contribution in [0.25, 0.3) is 10.9 Å². The van der Waals surface area contributed by atoms with Gasteiger partial charge in [0.1, 0.15) is 24.2 Å². The van der Waals surface area contributed by atoms with Gasteiger partial charge in [-0.1, -0.05) is 66.2 Å². The highest BCUT2D eigenvalue weighted by molar-refractivity contribution is 5.96. The number of carboxylic acids is 1. The average molecular weight is 686 g/mol. The second-order valence-corrected chi connectivity index (χ2v) is 13.3. The minimum Gasteiger partial charge on any atom is -0.480 e. The van der Waals surface area contributed by atoms with E-state index in [0.29, 0.717) is 12.8 Å². The molecular formula is C34H55N9O6. The van der Waals surface area contributed by atoms with Gasteiger partial charge in [0, 0.05) is 23.6 Å². The number of H-pyrrole nitrogens is 1. The van der Waals surface area contributed by atoms with Crippen molar-refractivity contribution < 1.29 is 29.1 Å². The van der Waals surface area contributed by atoms with Gasteiger partial charge in [0.25, 0.3) is 0 Å². The number of hydrogen-bond acceptors (Lipinski definition) is 7. The number of guanidine groups is 1. The van der Waals surface area contributed by atoms with E-state index in [1.54, 1.807) is 13.8 Å². The summed E-state index contributed by atoms with van der Waals surface area (Å²) in [5, 5.41) is 21.4. The van der Waals surface area contributed by atoms with Gasteiger partial charge < -0.3 is 48.6 Å². The average Bonchev–Trinajstić information content (AvgIpc) is 3.44. The largest absolute Gasteiger partial charge is 0.480 e. The summed E-state index contributed by atoms with van der Waals surface area (Å²) in [6.45, 7) is 11.1. The van der Waals surface area contributed by atoms with Crippen molar-refractivity contribution in [2.24, 2.45) is 39.9 Å². The van der Waals surface area contributed by atoms with Crippen LogP contribution in [0.2, 0.25) is 0 Å². The number of fused-ring (bicyclic) bond motifs is 1. The summed E-state index contributed by atoms with van der Waals surface area (Å²) >= 11 is 0. The van der Waals surface area contributed by atoms with Crippen molar-refractivity contribution in [3.8, 4) is 0 Å². The number of amides is 4. The minimum atomic E-state index is -1.24. The number of hydrogen-bond donors (Lipinski definition) is 9. The third-order valence-electron chi connectivity index (χ3n) is 8.39. The fourth-order valence-corrected chi connectivity index (χ4v) is 5.37. The molecule has 0 fully saturated rings. The van der Waals surface area contributed by atoms with Crippen LogP contribution in [0.3, 0.4) is 0 Å². The first-order chi connectivity index (χ1) is 23.0. The molecule has 4 amide bonds. The molecule has 0 saturated heterocycles. The second-order valence-electron chi connectivity index (χ2n) is 13.3. The number of aromatic nitrogens is 1. The van der Waals surface area contributed by atoms with Crippen molar-refractivity contribution in [2.75, 3.05) is 6.54 Å². The van der Waals surface area contributed by atoms with Gasteiger partial charge in [-0.3, -0.25) is 24.2 Å². The van der Waals surface area contributed by atoms with Gasteiger partial charge in [-0.15, -0.1) is 0 Å². The van der Waals surface area contributed by atoms with Gasteiger partial charge in [-0.05, 0) is 55.1 Å². The molecule has 0 unspecified atom stereocenters. The van der Waals surface area contributed by atoms with Crippen LogP contribution in [0.4, 0.5) is 0 Å². The number of benzene rings is 1. The minimum absolute atomic E-state index is 0.0354. The summed E-state index contributed by atoms with van der Waals surface area (Å²) < 4.78 is 0. The molecule has 49 heavy (non-hydrogen) atoms. The van der Waals surface area contributed by atoms with Crippen molar-refractivity contribution >= 4 is 46.5 Å². The first kappa shape index (κ1) is 40.5. The number of para-hydroxylation sites is 1. The van der Waals surface area contributed by atoms with Crippen molar-refractivity contribution in [2.45, 2.75) is 104 Å². The molecule has 15 nitrogen and oxygen atoms in total. The van der Waals surface area contributed by atoms with Crippen molar-refractivity contribution in [3.63, 3.8) is 0 Å². The zero-order valence-corrected chi connectivity index (χ0v) is 29.4. The number of nitrogens with one attached hydrogen (secondary N) is 5. The number of carbonyl (C=O) groups is 5. The standard InChI is InChI=1S/C34H55N9O6/c1-7-20(6)28(43-29(44)23(35)16-21-17-39-24-12-9-8-11-22(21)24)32(47)42-27(19(4)5)31(46)41-26(15-18(2)3)30(45)40-25(33(48)49)13-10-14-38-34(36)37/h8-9,11-12,17-20,23,25-28,39H,7,10,13-16,35H2,1-6H3,(H,40,45)(H,41,46)(H,42,47)(H,43,44)(H,48,49)(H4,36,37,38)/t20-,23-,25-,26-,27-,28-/m0/s1. The number of nitrogens with zero attached hydrogens (tertiary/aromatic N) is 1. The Hall–Kier alpha value is -4.66. The van der Waals surface area contributed by atoms with E-state index >= 15 is 0 Å². The molecule has 1 aromatic carbocycles. The molecule has 2 aromatic rings. The third-order valence-corrected chi connectivity index (χ3v) is 8.39. The number of carboxylic acid groups (broad SMARTS) is 1. The van der Waals surface area contributed by atoms with Gasteiger partial charge in [0.2, 0.25) is 23.6 Å². The zero-order chi connectivity index (χ0) is 36.8. The summed E-state index contributed by atoms with van der Waals surface area (Å²) in [6.07, 6.45) is 3.21. The number of aliphatic imine (C=N–C) groups is 1. The summed E-state index contributed by atoms with van der Waals surface area (Å²) in [6, 6.07) is 2.41. The van der Waals surface area contributed by atoms with E-state index in [-0.39, 0.29) is 43.6 Å². The van der Waals surface area contributed by atoms with Crippen molar-refractivity contribution in [1.82, 2.24) is 26.3 Å². The maximum Gasteiger partial charge on any atom is 0.326 e. The Kier molecular flexibility index (Phi) is 16.0. The lowest BCUT2D eigenvalue weighted by Crippen LogP contribution is -2.60. The van der Waals surface area contributed by atoms with Gasteiger partial charge in [-0.25, -0.2) is 4.79 Å². The lowest BCUT2D eigenvalue weighted by molar-refractivity contribution is -0.142. The highest BCUT2D eigenvalue weighted by Gasteiger charge is 2.34. The maximum atomic E-state index is 13.7. The Bertz CT molecular complexity index is 1450. The first-order valence-corrected chi connectivity index (χ1v) is 16.9.